The van der Waals surface area contributed by atoms with Crippen LogP contribution in [0, 0.1) is 12.8 Å². The summed E-state index contributed by atoms with van der Waals surface area (Å²) in [5, 5.41) is 3.37. The molecule has 1 fully saturated rings. The SMILES string of the molecule is COC(=O)C(C)(CC1CCC1)Nc1cccc(C)c1. The van der Waals surface area contributed by atoms with Crippen molar-refractivity contribution in [3.8, 4) is 0 Å². The Balaban J connectivity index is 2.14. The molecule has 1 aliphatic rings. The molecule has 104 valence electrons. The second-order valence-corrected chi connectivity index (χ2v) is 5.82. The Morgan fingerprint density at radius 1 is 1.47 bits per heavy atom. The molecule has 0 spiro atoms. The van der Waals surface area contributed by atoms with Crippen LogP contribution >= 0.6 is 0 Å². The number of carbonyl (C=O) groups excluding carboxylic acids is 1. The van der Waals surface area contributed by atoms with E-state index in [-0.39, 0.29) is 5.97 Å². The molecule has 1 atom stereocenters. The van der Waals surface area contributed by atoms with Gasteiger partial charge in [0.1, 0.15) is 5.54 Å². The first-order valence-electron chi connectivity index (χ1n) is 6.97. The van der Waals surface area contributed by atoms with Crippen LogP contribution in [0.25, 0.3) is 0 Å². The smallest absolute Gasteiger partial charge is 0.331 e. The van der Waals surface area contributed by atoms with E-state index in [2.05, 4.69) is 11.4 Å². The van der Waals surface area contributed by atoms with Gasteiger partial charge in [-0.05, 0) is 43.9 Å². The fraction of sp³-hybridized carbons (Fsp3) is 0.562. The Bertz CT molecular complexity index is 454. The number of hydrogen-bond donors (Lipinski definition) is 1. The van der Waals surface area contributed by atoms with E-state index >= 15 is 0 Å². The minimum Gasteiger partial charge on any atom is -0.467 e. The first kappa shape index (κ1) is 13.9. The number of esters is 1. The molecule has 1 aliphatic carbocycles. The van der Waals surface area contributed by atoms with Gasteiger partial charge in [-0.15, -0.1) is 0 Å². The zero-order valence-corrected chi connectivity index (χ0v) is 12.0. The molecule has 3 nitrogen and oxygen atoms in total. The van der Waals surface area contributed by atoms with Crippen molar-refractivity contribution in [1.82, 2.24) is 0 Å². The molecule has 19 heavy (non-hydrogen) atoms. The van der Waals surface area contributed by atoms with Crippen molar-refractivity contribution >= 4 is 11.7 Å². The lowest BCUT2D eigenvalue weighted by molar-refractivity contribution is -0.146. The number of hydrogen-bond acceptors (Lipinski definition) is 3. The van der Waals surface area contributed by atoms with Crippen LogP contribution in [-0.2, 0) is 9.53 Å². The van der Waals surface area contributed by atoms with E-state index in [1.54, 1.807) is 0 Å². The molecular weight excluding hydrogens is 238 g/mol. The molecule has 1 aromatic carbocycles. The van der Waals surface area contributed by atoms with Gasteiger partial charge in [0.05, 0.1) is 7.11 Å². The summed E-state index contributed by atoms with van der Waals surface area (Å²) in [6.45, 7) is 3.99. The van der Waals surface area contributed by atoms with Crippen LogP contribution in [0.2, 0.25) is 0 Å². The van der Waals surface area contributed by atoms with E-state index in [0.29, 0.717) is 5.92 Å². The van der Waals surface area contributed by atoms with Crippen molar-refractivity contribution in [2.24, 2.45) is 5.92 Å². The molecule has 0 heterocycles. The quantitative estimate of drug-likeness (QED) is 0.824. The highest BCUT2D eigenvalue weighted by Gasteiger charge is 2.38. The van der Waals surface area contributed by atoms with E-state index in [4.69, 9.17) is 4.74 Å². The largest absolute Gasteiger partial charge is 0.467 e. The summed E-state index contributed by atoms with van der Waals surface area (Å²) >= 11 is 0. The van der Waals surface area contributed by atoms with E-state index in [1.165, 1.54) is 31.9 Å². The number of methoxy groups -OCH3 is 1. The van der Waals surface area contributed by atoms with Gasteiger partial charge in [-0.2, -0.15) is 0 Å². The second kappa shape index (κ2) is 5.64. The van der Waals surface area contributed by atoms with Crippen molar-refractivity contribution in [3.05, 3.63) is 29.8 Å². The number of rotatable bonds is 5. The topological polar surface area (TPSA) is 38.3 Å². The molecule has 2 rings (SSSR count). The van der Waals surface area contributed by atoms with Gasteiger partial charge < -0.3 is 10.1 Å². The third-order valence-corrected chi connectivity index (χ3v) is 4.00. The van der Waals surface area contributed by atoms with E-state index < -0.39 is 5.54 Å². The first-order valence-corrected chi connectivity index (χ1v) is 6.97. The van der Waals surface area contributed by atoms with Gasteiger partial charge in [0.25, 0.3) is 0 Å². The summed E-state index contributed by atoms with van der Waals surface area (Å²) in [6, 6.07) is 8.10. The van der Waals surface area contributed by atoms with Gasteiger partial charge in [-0.1, -0.05) is 31.4 Å². The highest BCUT2D eigenvalue weighted by molar-refractivity contribution is 5.84. The number of nitrogens with one attached hydrogen (secondary N) is 1. The Kier molecular flexibility index (Phi) is 4.13. The number of aryl methyl sites for hydroxylation is 1. The average molecular weight is 261 g/mol. The Morgan fingerprint density at radius 3 is 2.74 bits per heavy atom. The molecule has 3 heteroatoms. The summed E-state index contributed by atoms with van der Waals surface area (Å²) in [4.78, 5) is 12.1. The Hall–Kier alpha value is -1.51. The standard InChI is InChI=1S/C16H23NO2/c1-12-6-4-9-14(10-12)17-16(2,15(18)19-3)11-13-7-5-8-13/h4,6,9-10,13,17H,5,7-8,11H2,1-3H3. The Morgan fingerprint density at radius 2 is 2.21 bits per heavy atom. The second-order valence-electron chi connectivity index (χ2n) is 5.82. The van der Waals surface area contributed by atoms with Crippen LogP contribution < -0.4 is 5.32 Å². The normalized spacial score (nSPS) is 18.3. The van der Waals surface area contributed by atoms with Crippen molar-refractivity contribution < 1.29 is 9.53 Å². The summed E-state index contributed by atoms with van der Waals surface area (Å²) in [5.74, 6) is 0.460. The molecule has 0 radical (unpaired) electrons. The van der Waals surface area contributed by atoms with Gasteiger partial charge in [-0.3, -0.25) is 0 Å². The molecule has 0 aromatic heterocycles. The molecule has 1 N–H and O–H groups in total. The van der Waals surface area contributed by atoms with Gasteiger partial charge in [0, 0.05) is 5.69 Å². The molecule has 0 bridgehead atoms. The minimum atomic E-state index is -0.631. The van der Waals surface area contributed by atoms with Gasteiger partial charge in [0.2, 0.25) is 0 Å². The molecule has 0 amide bonds. The predicted octanol–water partition coefficient (Wildman–Crippen LogP) is 3.53. The molecular formula is C16H23NO2. The first-order chi connectivity index (χ1) is 9.03. The average Bonchev–Trinajstić information content (AvgIpc) is 2.33. The Labute approximate surface area is 115 Å². The van der Waals surface area contributed by atoms with Gasteiger partial charge >= 0.3 is 5.97 Å². The van der Waals surface area contributed by atoms with Crippen molar-refractivity contribution in [2.45, 2.75) is 45.1 Å². The van der Waals surface area contributed by atoms with Crippen LogP contribution in [-0.4, -0.2) is 18.6 Å². The van der Waals surface area contributed by atoms with E-state index in [1.807, 2.05) is 32.0 Å². The number of ether oxygens (including phenoxy) is 1. The minimum absolute atomic E-state index is 0.180. The van der Waals surface area contributed by atoms with Crippen molar-refractivity contribution in [1.29, 1.82) is 0 Å². The maximum atomic E-state index is 12.1. The summed E-state index contributed by atoms with van der Waals surface area (Å²) in [6.07, 6.45) is 4.57. The van der Waals surface area contributed by atoms with Crippen LogP contribution in [0.1, 0.15) is 38.2 Å². The lowest BCUT2D eigenvalue weighted by Crippen LogP contribution is -2.46. The van der Waals surface area contributed by atoms with Crippen LogP contribution in [0.5, 0.6) is 0 Å². The molecule has 0 aliphatic heterocycles. The monoisotopic (exact) mass is 261 g/mol. The summed E-state index contributed by atoms with van der Waals surface area (Å²) in [7, 11) is 1.46. The highest BCUT2D eigenvalue weighted by atomic mass is 16.5. The third-order valence-electron chi connectivity index (χ3n) is 4.00. The van der Waals surface area contributed by atoms with Crippen LogP contribution in [0.15, 0.2) is 24.3 Å². The number of benzene rings is 1. The fourth-order valence-corrected chi connectivity index (χ4v) is 2.73. The third kappa shape index (κ3) is 3.28. The highest BCUT2D eigenvalue weighted by Crippen LogP contribution is 2.35. The lowest BCUT2D eigenvalue weighted by Gasteiger charge is -2.36. The maximum absolute atomic E-state index is 12.1. The van der Waals surface area contributed by atoms with Crippen LogP contribution in [0.4, 0.5) is 5.69 Å². The fourth-order valence-electron chi connectivity index (χ4n) is 2.73. The molecule has 0 saturated heterocycles. The van der Waals surface area contributed by atoms with Crippen LogP contribution in [0.3, 0.4) is 0 Å². The van der Waals surface area contributed by atoms with E-state index in [0.717, 1.165) is 12.1 Å². The predicted molar refractivity (Wildman–Crippen MR) is 77.2 cm³/mol. The molecule has 1 unspecified atom stereocenters. The van der Waals surface area contributed by atoms with Gasteiger partial charge in [0.15, 0.2) is 0 Å². The molecule has 1 saturated carbocycles. The van der Waals surface area contributed by atoms with Gasteiger partial charge in [-0.25, -0.2) is 4.79 Å². The van der Waals surface area contributed by atoms with E-state index in [9.17, 15) is 4.79 Å². The molecule has 1 aromatic rings. The maximum Gasteiger partial charge on any atom is 0.331 e. The van der Waals surface area contributed by atoms with Crippen molar-refractivity contribution in [3.63, 3.8) is 0 Å². The number of anilines is 1. The summed E-state index contributed by atoms with van der Waals surface area (Å²) < 4.78 is 4.99. The summed E-state index contributed by atoms with van der Waals surface area (Å²) in [5.41, 5.74) is 1.53. The number of carbonyl (C=O) groups is 1. The van der Waals surface area contributed by atoms with Crippen molar-refractivity contribution in [2.75, 3.05) is 12.4 Å². The zero-order chi connectivity index (χ0) is 13.9. The zero-order valence-electron chi connectivity index (χ0n) is 12.0. The lowest BCUT2D eigenvalue weighted by atomic mass is 9.76.